The summed E-state index contributed by atoms with van der Waals surface area (Å²) in [7, 11) is 0. The molecule has 2 N–H and O–H groups in total. The van der Waals surface area contributed by atoms with Crippen molar-refractivity contribution in [1.29, 1.82) is 5.26 Å². The summed E-state index contributed by atoms with van der Waals surface area (Å²) in [6, 6.07) is 3.72. The largest absolute Gasteiger partial charge is 0.395 e. The Balaban J connectivity index is 2.63. The summed E-state index contributed by atoms with van der Waals surface area (Å²) in [5, 5.41) is 22.3. The van der Waals surface area contributed by atoms with Crippen LogP contribution < -0.4 is 5.32 Å². The van der Waals surface area contributed by atoms with Gasteiger partial charge in [0, 0.05) is 21.3 Å². The van der Waals surface area contributed by atoms with Crippen LogP contribution in [-0.2, 0) is 0 Å². The summed E-state index contributed by atoms with van der Waals surface area (Å²) in [6.45, 7) is 0.485. The van der Waals surface area contributed by atoms with E-state index < -0.39 is 0 Å². The molecule has 1 unspecified atom stereocenters. The summed E-state index contributed by atoms with van der Waals surface area (Å²) in [5.41, 5.74) is 0. The van der Waals surface area contributed by atoms with Gasteiger partial charge in [-0.15, -0.1) is 11.3 Å². The van der Waals surface area contributed by atoms with Gasteiger partial charge in [-0.25, -0.2) is 0 Å². The Morgan fingerprint density at radius 1 is 1.77 bits per heavy atom. The molecule has 1 atom stereocenters. The highest BCUT2D eigenvalue weighted by Gasteiger charge is 2.10. The predicted molar refractivity (Wildman–Crippen MR) is 55.5 cm³/mol. The van der Waals surface area contributed by atoms with Crippen molar-refractivity contribution in [1.82, 2.24) is 5.32 Å². The van der Waals surface area contributed by atoms with Gasteiger partial charge in [0.2, 0.25) is 0 Å². The molecule has 0 aromatic carbocycles. The Morgan fingerprint density at radius 3 is 3.00 bits per heavy atom. The third-order valence-electron chi connectivity index (χ3n) is 1.46. The van der Waals surface area contributed by atoms with E-state index in [0.717, 1.165) is 9.35 Å². The van der Waals surface area contributed by atoms with Crippen molar-refractivity contribution in [3.63, 3.8) is 0 Å². The Kier molecular flexibility index (Phi) is 4.39. The van der Waals surface area contributed by atoms with Crippen molar-refractivity contribution in [3.8, 4) is 6.07 Å². The van der Waals surface area contributed by atoms with E-state index in [0.29, 0.717) is 6.54 Å². The van der Waals surface area contributed by atoms with Gasteiger partial charge in [-0.3, -0.25) is 5.32 Å². The molecule has 0 aliphatic rings. The molecule has 1 heterocycles. The molecule has 0 spiro atoms. The first kappa shape index (κ1) is 10.7. The lowest BCUT2D eigenvalue weighted by atomic mass is 10.2. The second kappa shape index (κ2) is 5.35. The summed E-state index contributed by atoms with van der Waals surface area (Å²) < 4.78 is 0.985. The average Bonchev–Trinajstić information content (AvgIpc) is 2.54. The summed E-state index contributed by atoms with van der Waals surface area (Å²) in [5.74, 6) is 0. The van der Waals surface area contributed by atoms with E-state index in [9.17, 15) is 0 Å². The van der Waals surface area contributed by atoms with E-state index in [1.54, 1.807) is 0 Å². The van der Waals surface area contributed by atoms with E-state index in [4.69, 9.17) is 10.4 Å². The topological polar surface area (TPSA) is 56.0 Å². The normalized spacial score (nSPS) is 12.4. The SMILES string of the molecule is N#CC(NCCO)c1cc(Br)cs1. The van der Waals surface area contributed by atoms with Crippen molar-refractivity contribution in [3.05, 3.63) is 20.8 Å². The molecule has 0 aliphatic heterocycles. The van der Waals surface area contributed by atoms with Crippen molar-refractivity contribution in [2.24, 2.45) is 0 Å². The van der Waals surface area contributed by atoms with Crippen LogP contribution in [0.1, 0.15) is 10.9 Å². The van der Waals surface area contributed by atoms with Gasteiger partial charge >= 0.3 is 0 Å². The van der Waals surface area contributed by atoms with Crippen LogP contribution in [0.15, 0.2) is 15.9 Å². The van der Waals surface area contributed by atoms with Crippen molar-refractivity contribution in [2.45, 2.75) is 6.04 Å². The fourth-order valence-corrected chi connectivity index (χ4v) is 2.36. The van der Waals surface area contributed by atoms with Gasteiger partial charge in [-0.2, -0.15) is 5.26 Å². The van der Waals surface area contributed by atoms with Crippen LogP contribution in [0.2, 0.25) is 0 Å². The number of nitrogens with one attached hydrogen (secondary N) is 1. The molecule has 5 heteroatoms. The lowest BCUT2D eigenvalue weighted by Crippen LogP contribution is -2.22. The molecule has 0 radical (unpaired) electrons. The van der Waals surface area contributed by atoms with Crippen LogP contribution >= 0.6 is 27.3 Å². The first-order valence-electron chi connectivity index (χ1n) is 3.75. The Labute approximate surface area is 89.1 Å². The number of hydrogen-bond donors (Lipinski definition) is 2. The predicted octanol–water partition coefficient (Wildman–Crippen LogP) is 1.66. The number of nitriles is 1. The zero-order valence-corrected chi connectivity index (χ0v) is 9.23. The Hall–Kier alpha value is -0.410. The third kappa shape index (κ3) is 3.08. The van der Waals surface area contributed by atoms with E-state index in [2.05, 4.69) is 27.3 Å². The monoisotopic (exact) mass is 260 g/mol. The first-order chi connectivity index (χ1) is 6.27. The van der Waals surface area contributed by atoms with Gasteiger partial charge in [-0.1, -0.05) is 0 Å². The van der Waals surface area contributed by atoms with E-state index >= 15 is 0 Å². The van der Waals surface area contributed by atoms with Crippen LogP contribution in [0.4, 0.5) is 0 Å². The van der Waals surface area contributed by atoms with Crippen LogP contribution in [0, 0.1) is 11.3 Å². The van der Waals surface area contributed by atoms with Gasteiger partial charge < -0.3 is 5.11 Å². The maximum Gasteiger partial charge on any atom is 0.130 e. The van der Waals surface area contributed by atoms with Gasteiger partial charge in [-0.05, 0) is 22.0 Å². The minimum Gasteiger partial charge on any atom is -0.395 e. The average molecular weight is 261 g/mol. The molecule has 0 saturated carbocycles. The standard InChI is InChI=1S/C8H9BrN2OS/c9-6-3-8(13-5-6)7(4-10)11-1-2-12/h3,5,7,11-12H,1-2H2. The molecule has 0 amide bonds. The second-order valence-corrected chi connectivity index (χ2v) is 4.27. The Bertz CT molecular complexity index is 307. The second-order valence-electron chi connectivity index (χ2n) is 2.41. The molecular weight excluding hydrogens is 252 g/mol. The maximum absolute atomic E-state index is 8.81. The van der Waals surface area contributed by atoms with Crippen LogP contribution in [0.5, 0.6) is 0 Å². The zero-order chi connectivity index (χ0) is 9.68. The van der Waals surface area contributed by atoms with Crippen LogP contribution in [0.25, 0.3) is 0 Å². The van der Waals surface area contributed by atoms with Crippen LogP contribution in [-0.4, -0.2) is 18.3 Å². The van der Waals surface area contributed by atoms with E-state index in [1.807, 2.05) is 11.4 Å². The number of aliphatic hydroxyl groups is 1. The highest BCUT2D eigenvalue weighted by Crippen LogP contribution is 2.24. The molecule has 3 nitrogen and oxygen atoms in total. The molecule has 1 aromatic rings. The highest BCUT2D eigenvalue weighted by atomic mass is 79.9. The molecule has 0 bridgehead atoms. The number of hydrogen-bond acceptors (Lipinski definition) is 4. The van der Waals surface area contributed by atoms with Gasteiger partial charge in [0.15, 0.2) is 0 Å². The summed E-state index contributed by atoms with van der Waals surface area (Å²) in [4.78, 5) is 0.961. The lowest BCUT2D eigenvalue weighted by molar-refractivity contribution is 0.289. The lowest BCUT2D eigenvalue weighted by Gasteiger charge is -2.06. The van der Waals surface area contributed by atoms with Gasteiger partial charge in [0.1, 0.15) is 6.04 Å². The molecular formula is C8H9BrN2OS. The Morgan fingerprint density at radius 2 is 2.54 bits per heavy atom. The fourth-order valence-electron chi connectivity index (χ4n) is 0.898. The molecule has 1 aromatic heterocycles. The first-order valence-corrected chi connectivity index (χ1v) is 5.43. The number of halogens is 1. The molecule has 0 fully saturated rings. The zero-order valence-electron chi connectivity index (χ0n) is 6.83. The number of thiophene rings is 1. The number of aliphatic hydroxyl groups excluding tert-OH is 1. The minimum absolute atomic E-state index is 0.0464. The molecule has 70 valence electrons. The number of rotatable bonds is 4. The fraction of sp³-hybridized carbons (Fsp3) is 0.375. The molecule has 0 saturated heterocycles. The minimum atomic E-state index is -0.316. The van der Waals surface area contributed by atoms with E-state index in [-0.39, 0.29) is 12.6 Å². The molecule has 0 aliphatic carbocycles. The molecule has 1 rings (SSSR count). The van der Waals surface area contributed by atoms with E-state index in [1.165, 1.54) is 11.3 Å². The van der Waals surface area contributed by atoms with Crippen molar-refractivity contribution < 1.29 is 5.11 Å². The van der Waals surface area contributed by atoms with Crippen molar-refractivity contribution >= 4 is 27.3 Å². The summed E-state index contributed by atoms with van der Waals surface area (Å²) >= 11 is 4.84. The van der Waals surface area contributed by atoms with Crippen molar-refractivity contribution in [2.75, 3.05) is 13.2 Å². The highest BCUT2D eigenvalue weighted by molar-refractivity contribution is 9.10. The van der Waals surface area contributed by atoms with Gasteiger partial charge in [0.05, 0.1) is 12.7 Å². The quantitative estimate of drug-likeness (QED) is 0.866. The van der Waals surface area contributed by atoms with Gasteiger partial charge in [0.25, 0.3) is 0 Å². The molecule has 13 heavy (non-hydrogen) atoms. The third-order valence-corrected chi connectivity index (χ3v) is 3.22. The smallest absolute Gasteiger partial charge is 0.130 e. The van der Waals surface area contributed by atoms with Crippen LogP contribution in [0.3, 0.4) is 0 Å². The summed E-state index contributed by atoms with van der Waals surface area (Å²) in [6.07, 6.45) is 0. The maximum atomic E-state index is 8.81. The number of nitrogens with zero attached hydrogens (tertiary/aromatic N) is 1.